The summed E-state index contributed by atoms with van der Waals surface area (Å²) in [6.07, 6.45) is 0.350. The normalized spacial score (nSPS) is 13.5. The van der Waals surface area contributed by atoms with Gasteiger partial charge in [0.2, 0.25) is 0 Å². The van der Waals surface area contributed by atoms with Gasteiger partial charge in [-0.3, -0.25) is 0 Å². The summed E-state index contributed by atoms with van der Waals surface area (Å²) in [7, 11) is 1.38. The third-order valence-electron chi connectivity index (χ3n) is 3.42. The van der Waals surface area contributed by atoms with Crippen LogP contribution in [0.3, 0.4) is 0 Å². The number of nitrogens with two attached hydrogens (primary N) is 1. The van der Waals surface area contributed by atoms with E-state index in [9.17, 15) is 13.2 Å². The number of nitrogens with zero attached hydrogens (tertiary/aromatic N) is 1. The van der Waals surface area contributed by atoms with Crippen molar-refractivity contribution < 1.29 is 13.2 Å². The fourth-order valence-corrected chi connectivity index (χ4v) is 2.17. The number of hydrogen-bond donors (Lipinski definition) is 4. The average Bonchev–Trinajstić information content (AvgIpc) is 2.56. The van der Waals surface area contributed by atoms with E-state index in [-0.39, 0.29) is 11.7 Å². The Hall–Kier alpha value is -2.77. The van der Waals surface area contributed by atoms with Crippen LogP contribution in [0.5, 0.6) is 0 Å². The van der Waals surface area contributed by atoms with Gasteiger partial charge in [0.05, 0.1) is 11.3 Å². The molecule has 8 heteroatoms. The number of unbranched alkanes of at least 4 members (excludes halogenated alkanes) is 1. The lowest BCUT2D eigenvalue weighted by Gasteiger charge is -2.14. The fourth-order valence-electron chi connectivity index (χ4n) is 2.17. The Morgan fingerprint density at radius 2 is 2.04 bits per heavy atom. The topological polar surface area (TPSA) is 86.3 Å². The quantitative estimate of drug-likeness (QED) is 0.249. The van der Waals surface area contributed by atoms with Gasteiger partial charge in [-0.15, -0.1) is 0 Å². The number of benzene rings is 1. The Bertz CT molecular complexity index is 718. The third kappa shape index (κ3) is 5.94. The molecule has 0 atom stereocenters. The van der Waals surface area contributed by atoms with Gasteiger partial charge in [0.25, 0.3) is 0 Å². The standard InChI is InChI=1S/C18H24F3N5/c1-4-5-6-8-14(18(19,20)21)17(24-3)26-12(2)25-16-10-7-9-15(23)13(16)11-22/h6-11,22,24H,4-5,23H2,1-3H3,(H,25,26)/b8-6+,17-14+,22-11?. The molecule has 5 nitrogen and oxygen atoms in total. The first-order valence-electron chi connectivity index (χ1n) is 8.11. The molecule has 0 aliphatic rings. The summed E-state index contributed by atoms with van der Waals surface area (Å²) in [5.41, 5.74) is 6.27. The first-order valence-corrected chi connectivity index (χ1v) is 8.11. The van der Waals surface area contributed by atoms with Crippen LogP contribution in [0, 0.1) is 5.41 Å². The number of aliphatic imine (C=N–C) groups is 1. The molecule has 0 saturated carbocycles. The van der Waals surface area contributed by atoms with Crippen LogP contribution in [0.2, 0.25) is 0 Å². The minimum atomic E-state index is -4.54. The van der Waals surface area contributed by atoms with Crippen molar-refractivity contribution in [3.63, 3.8) is 0 Å². The average molecular weight is 367 g/mol. The van der Waals surface area contributed by atoms with Crippen molar-refractivity contribution in [3.8, 4) is 0 Å². The second-order valence-corrected chi connectivity index (χ2v) is 5.48. The summed E-state index contributed by atoms with van der Waals surface area (Å²) < 4.78 is 40.0. The molecule has 0 amide bonds. The zero-order chi connectivity index (χ0) is 19.7. The zero-order valence-electron chi connectivity index (χ0n) is 15.0. The number of alkyl halides is 3. The third-order valence-corrected chi connectivity index (χ3v) is 3.42. The molecule has 1 aromatic rings. The molecular weight excluding hydrogens is 343 g/mol. The molecule has 0 heterocycles. The molecule has 1 rings (SSSR count). The lowest BCUT2D eigenvalue weighted by Crippen LogP contribution is -2.20. The molecular formula is C18H24F3N5. The van der Waals surface area contributed by atoms with Crippen molar-refractivity contribution in [1.82, 2.24) is 5.32 Å². The first-order chi connectivity index (χ1) is 12.2. The Morgan fingerprint density at radius 3 is 2.58 bits per heavy atom. The van der Waals surface area contributed by atoms with Gasteiger partial charge in [-0.1, -0.05) is 31.6 Å². The number of anilines is 2. The number of nitrogen functional groups attached to an aromatic ring is 1. The number of nitrogens with one attached hydrogen (secondary N) is 3. The van der Waals surface area contributed by atoms with Crippen LogP contribution in [0.15, 0.2) is 46.7 Å². The Morgan fingerprint density at radius 1 is 1.35 bits per heavy atom. The molecule has 0 unspecified atom stereocenters. The molecule has 142 valence electrons. The summed E-state index contributed by atoms with van der Waals surface area (Å²) >= 11 is 0. The summed E-state index contributed by atoms with van der Waals surface area (Å²) in [4.78, 5) is 4.03. The summed E-state index contributed by atoms with van der Waals surface area (Å²) in [5.74, 6) is -0.0659. The van der Waals surface area contributed by atoms with Crippen LogP contribution in [-0.2, 0) is 0 Å². The van der Waals surface area contributed by atoms with Crippen LogP contribution >= 0.6 is 0 Å². The van der Waals surface area contributed by atoms with Crippen LogP contribution in [0.1, 0.15) is 32.3 Å². The van der Waals surface area contributed by atoms with E-state index in [1.165, 1.54) is 20.0 Å². The van der Waals surface area contributed by atoms with E-state index in [0.29, 0.717) is 23.4 Å². The van der Waals surface area contributed by atoms with Crippen LogP contribution in [0.25, 0.3) is 0 Å². The van der Waals surface area contributed by atoms with E-state index < -0.39 is 11.7 Å². The predicted molar refractivity (Wildman–Crippen MR) is 102 cm³/mol. The molecule has 1 aromatic carbocycles. The predicted octanol–water partition coefficient (Wildman–Crippen LogP) is 4.45. The molecule has 0 saturated heterocycles. The maximum atomic E-state index is 13.3. The van der Waals surface area contributed by atoms with E-state index in [1.54, 1.807) is 18.2 Å². The Kier molecular flexibility index (Phi) is 7.89. The van der Waals surface area contributed by atoms with E-state index in [4.69, 9.17) is 11.1 Å². The highest BCUT2D eigenvalue weighted by Crippen LogP contribution is 2.29. The minimum Gasteiger partial charge on any atom is -0.398 e. The van der Waals surface area contributed by atoms with Crippen molar-refractivity contribution in [1.29, 1.82) is 5.41 Å². The van der Waals surface area contributed by atoms with E-state index in [0.717, 1.165) is 18.7 Å². The minimum absolute atomic E-state index is 0.230. The van der Waals surface area contributed by atoms with Gasteiger partial charge < -0.3 is 21.8 Å². The van der Waals surface area contributed by atoms with E-state index >= 15 is 0 Å². The second kappa shape index (κ2) is 9.65. The van der Waals surface area contributed by atoms with Gasteiger partial charge in [0.1, 0.15) is 11.7 Å². The largest absolute Gasteiger partial charge is 0.419 e. The number of amidine groups is 1. The Labute approximate surface area is 151 Å². The highest BCUT2D eigenvalue weighted by atomic mass is 19.4. The van der Waals surface area contributed by atoms with Gasteiger partial charge in [-0.2, -0.15) is 13.2 Å². The maximum Gasteiger partial charge on any atom is 0.419 e. The van der Waals surface area contributed by atoms with Crippen molar-refractivity contribution >= 4 is 23.4 Å². The SMILES string of the molecule is CCC/C=C/C(=C(\N=C(/C)Nc1cccc(N)c1C=N)NC)C(F)(F)F. The zero-order valence-corrected chi connectivity index (χ0v) is 15.0. The molecule has 0 aromatic heterocycles. The molecule has 0 fully saturated rings. The molecule has 5 N–H and O–H groups in total. The summed E-state index contributed by atoms with van der Waals surface area (Å²) in [6.45, 7) is 3.43. The molecule has 0 aliphatic carbocycles. The molecule has 0 radical (unpaired) electrons. The molecule has 0 bridgehead atoms. The number of halogens is 3. The van der Waals surface area contributed by atoms with Crippen molar-refractivity contribution in [2.24, 2.45) is 4.99 Å². The number of allylic oxidation sites excluding steroid dienone is 3. The smallest absolute Gasteiger partial charge is 0.398 e. The second-order valence-electron chi connectivity index (χ2n) is 5.48. The lowest BCUT2D eigenvalue weighted by atomic mass is 10.1. The van der Waals surface area contributed by atoms with Gasteiger partial charge in [-0.25, -0.2) is 4.99 Å². The van der Waals surface area contributed by atoms with E-state index in [2.05, 4.69) is 15.6 Å². The van der Waals surface area contributed by atoms with E-state index in [1.807, 2.05) is 6.92 Å². The van der Waals surface area contributed by atoms with Gasteiger partial charge in [-0.05, 0) is 25.5 Å². The van der Waals surface area contributed by atoms with Crippen LogP contribution in [-0.4, -0.2) is 25.3 Å². The summed E-state index contributed by atoms with van der Waals surface area (Å²) in [5, 5.41) is 12.8. The van der Waals surface area contributed by atoms with Crippen LogP contribution < -0.4 is 16.4 Å². The highest BCUT2D eigenvalue weighted by Gasteiger charge is 2.34. The molecule has 0 spiro atoms. The fraction of sp³-hybridized carbons (Fsp3) is 0.333. The monoisotopic (exact) mass is 367 g/mol. The first kappa shape index (κ1) is 21.3. The molecule has 26 heavy (non-hydrogen) atoms. The molecule has 0 aliphatic heterocycles. The van der Waals surface area contributed by atoms with Gasteiger partial charge in [0.15, 0.2) is 0 Å². The lowest BCUT2D eigenvalue weighted by molar-refractivity contribution is -0.0893. The van der Waals surface area contributed by atoms with Crippen molar-refractivity contribution in [3.05, 3.63) is 47.3 Å². The summed E-state index contributed by atoms with van der Waals surface area (Å²) in [6, 6.07) is 4.99. The van der Waals surface area contributed by atoms with Crippen LogP contribution in [0.4, 0.5) is 24.5 Å². The van der Waals surface area contributed by atoms with Gasteiger partial charge in [0, 0.05) is 24.5 Å². The highest BCUT2D eigenvalue weighted by molar-refractivity contribution is 6.01. The van der Waals surface area contributed by atoms with Crippen molar-refractivity contribution in [2.45, 2.75) is 32.9 Å². The maximum absolute atomic E-state index is 13.3. The number of rotatable bonds is 7. The van der Waals surface area contributed by atoms with Crippen molar-refractivity contribution in [2.75, 3.05) is 18.1 Å². The Balaban J connectivity index is 3.26. The number of hydrogen-bond acceptors (Lipinski definition) is 4. The van der Waals surface area contributed by atoms with Gasteiger partial charge >= 0.3 is 6.18 Å².